The Morgan fingerprint density at radius 1 is 1.43 bits per heavy atom. The van der Waals surface area contributed by atoms with Crippen LogP contribution in [0.2, 0.25) is 5.02 Å². The van der Waals surface area contributed by atoms with Crippen molar-refractivity contribution in [3.05, 3.63) is 23.2 Å². The molecule has 0 aromatic heterocycles. The van der Waals surface area contributed by atoms with Crippen LogP contribution in [0.15, 0.2) is 23.1 Å². The van der Waals surface area contributed by atoms with Gasteiger partial charge in [-0.2, -0.15) is 4.31 Å². The van der Waals surface area contributed by atoms with Crippen LogP contribution in [-0.4, -0.2) is 57.1 Å². The van der Waals surface area contributed by atoms with Gasteiger partial charge in [0, 0.05) is 20.2 Å². The topological polar surface area (TPSA) is 95.9 Å². The smallest absolute Gasteiger partial charge is 0.243 e. The highest BCUT2D eigenvalue weighted by Crippen LogP contribution is 2.28. The zero-order valence-electron chi connectivity index (χ0n) is 13.1. The first-order chi connectivity index (χ1) is 10.8. The molecule has 0 spiro atoms. The number of benzene rings is 1. The van der Waals surface area contributed by atoms with Gasteiger partial charge in [-0.3, -0.25) is 4.79 Å². The third-order valence-corrected chi connectivity index (χ3v) is 5.03. The number of rotatable bonds is 9. The molecule has 0 unspecified atom stereocenters. The summed E-state index contributed by atoms with van der Waals surface area (Å²) in [5, 5.41) is 11.4. The van der Waals surface area contributed by atoms with Crippen LogP contribution in [0, 0.1) is 0 Å². The number of hydrogen-bond donors (Lipinski definition) is 2. The fourth-order valence-electron chi connectivity index (χ4n) is 1.74. The second-order valence-electron chi connectivity index (χ2n) is 4.71. The van der Waals surface area contributed by atoms with Crippen molar-refractivity contribution in [3.63, 3.8) is 0 Å². The van der Waals surface area contributed by atoms with Gasteiger partial charge in [-0.15, -0.1) is 0 Å². The number of carbonyl (C=O) groups is 1. The summed E-state index contributed by atoms with van der Waals surface area (Å²) in [5.74, 6) is -0.0425. The predicted octanol–water partition coefficient (Wildman–Crippen LogP) is 0.858. The molecule has 0 heterocycles. The highest BCUT2D eigenvalue weighted by atomic mass is 35.5. The van der Waals surface area contributed by atoms with Gasteiger partial charge in [-0.1, -0.05) is 11.6 Å². The standard InChI is InChI=1S/C14H21ClN2O5S/c1-3-22-13-6-5-11(9-12(13)15)23(20,21)17(2)10-14(19)16-7-4-8-18/h5-6,9,18H,3-4,7-8,10H2,1-2H3,(H,16,19). The first-order valence-electron chi connectivity index (χ1n) is 7.09. The molecule has 23 heavy (non-hydrogen) atoms. The third kappa shape index (κ3) is 5.65. The summed E-state index contributed by atoms with van der Waals surface area (Å²) in [6.45, 7) is 2.14. The van der Waals surface area contributed by atoms with Crippen LogP contribution in [0.4, 0.5) is 0 Å². The summed E-state index contributed by atoms with van der Waals surface area (Å²) in [5.41, 5.74) is 0. The van der Waals surface area contributed by atoms with Gasteiger partial charge < -0.3 is 15.2 Å². The molecule has 0 fully saturated rings. The van der Waals surface area contributed by atoms with E-state index in [1.165, 1.54) is 25.2 Å². The number of aliphatic hydroxyl groups is 1. The lowest BCUT2D eigenvalue weighted by molar-refractivity contribution is -0.121. The second kappa shape index (κ2) is 9.07. The molecule has 0 aliphatic carbocycles. The Kier molecular flexibility index (Phi) is 7.77. The van der Waals surface area contributed by atoms with Crippen LogP contribution in [0.25, 0.3) is 0 Å². The number of aliphatic hydroxyl groups excluding tert-OH is 1. The van der Waals surface area contributed by atoms with E-state index in [0.717, 1.165) is 4.31 Å². The van der Waals surface area contributed by atoms with Crippen molar-refractivity contribution in [1.82, 2.24) is 9.62 Å². The van der Waals surface area contributed by atoms with E-state index in [0.29, 0.717) is 18.8 Å². The van der Waals surface area contributed by atoms with Crippen LogP contribution in [0.5, 0.6) is 5.75 Å². The molecular weight excluding hydrogens is 344 g/mol. The van der Waals surface area contributed by atoms with E-state index in [9.17, 15) is 13.2 Å². The molecule has 0 radical (unpaired) electrons. The highest BCUT2D eigenvalue weighted by Gasteiger charge is 2.23. The van der Waals surface area contributed by atoms with E-state index in [4.69, 9.17) is 21.4 Å². The minimum Gasteiger partial charge on any atom is -0.492 e. The highest BCUT2D eigenvalue weighted by molar-refractivity contribution is 7.89. The zero-order chi connectivity index (χ0) is 17.5. The van der Waals surface area contributed by atoms with Crippen LogP contribution < -0.4 is 10.1 Å². The minimum atomic E-state index is -3.84. The van der Waals surface area contributed by atoms with Gasteiger partial charge in [0.05, 0.1) is 23.1 Å². The molecule has 0 atom stereocenters. The molecule has 7 nitrogen and oxygen atoms in total. The number of likely N-dealkylation sites (N-methyl/N-ethyl adjacent to an activating group) is 1. The molecule has 130 valence electrons. The monoisotopic (exact) mass is 364 g/mol. The van der Waals surface area contributed by atoms with Gasteiger partial charge in [-0.25, -0.2) is 8.42 Å². The van der Waals surface area contributed by atoms with E-state index >= 15 is 0 Å². The summed E-state index contributed by atoms with van der Waals surface area (Å²) in [6, 6.07) is 4.16. The van der Waals surface area contributed by atoms with Crippen molar-refractivity contribution < 1.29 is 23.1 Å². The average Bonchev–Trinajstić information content (AvgIpc) is 2.49. The second-order valence-corrected chi connectivity index (χ2v) is 7.17. The predicted molar refractivity (Wildman–Crippen MR) is 87.1 cm³/mol. The zero-order valence-corrected chi connectivity index (χ0v) is 14.7. The van der Waals surface area contributed by atoms with E-state index in [1.807, 2.05) is 0 Å². The van der Waals surface area contributed by atoms with Gasteiger partial charge in [0.15, 0.2) is 0 Å². The van der Waals surface area contributed by atoms with Crippen molar-refractivity contribution >= 4 is 27.5 Å². The van der Waals surface area contributed by atoms with Crippen LogP contribution in [-0.2, 0) is 14.8 Å². The Bertz CT molecular complexity index is 636. The van der Waals surface area contributed by atoms with Gasteiger partial charge >= 0.3 is 0 Å². The fourth-order valence-corrected chi connectivity index (χ4v) is 3.20. The minimum absolute atomic E-state index is 0.0170. The molecule has 9 heteroatoms. The Hall–Kier alpha value is -1.35. The molecule has 1 rings (SSSR count). The number of nitrogens with one attached hydrogen (secondary N) is 1. The number of ether oxygens (including phenoxy) is 1. The summed E-state index contributed by atoms with van der Waals surface area (Å²) in [7, 11) is -2.52. The lowest BCUT2D eigenvalue weighted by Gasteiger charge is -2.17. The molecular formula is C14H21ClN2O5S. The average molecular weight is 365 g/mol. The number of amides is 1. The maximum Gasteiger partial charge on any atom is 0.243 e. The van der Waals surface area contributed by atoms with Crippen LogP contribution in [0.3, 0.4) is 0 Å². The third-order valence-electron chi connectivity index (χ3n) is 2.93. The number of nitrogens with zero attached hydrogens (tertiary/aromatic N) is 1. The van der Waals surface area contributed by atoms with Crippen molar-refractivity contribution in [2.75, 3.05) is 33.4 Å². The summed E-state index contributed by atoms with van der Waals surface area (Å²) in [4.78, 5) is 11.7. The number of hydrogen-bond acceptors (Lipinski definition) is 5. The molecule has 0 aliphatic heterocycles. The Balaban J connectivity index is 2.81. The van der Waals surface area contributed by atoms with Gasteiger partial charge in [0.25, 0.3) is 0 Å². The van der Waals surface area contributed by atoms with Crippen molar-refractivity contribution in [1.29, 1.82) is 0 Å². The quantitative estimate of drug-likeness (QED) is 0.633. The Morgan fingerprint density at radius 2 is 2.13 bits per heavy atom. The van der Waals surface area contributed by atoms with E-state index in [-0.39, 0.29) is 29.6 Å². The lowest BCUT2D eigenvalue weighted by Crippen LogP contribution is -2.38. The molecule has 0 saturated carbocycles. The lowest BCUT2D eigenvalue weighted by atomic mass is 10.3. The van der Waals surface area contributed by atoms with Crippen LogP contribution >= 0.6 is 11.6 Å². The van der Waals surface area contributed by atoms with Crippen molar-refractivity contribution in [3.8, 4) is 5.75 Å². The molecule has 2 N–H and O–H groups in total. The molecule has 1 amide bonds. The maximum atomic E-state index is 12.4. The number of halogens is 1. The fraction of sp³-hybridized carbons (Fsp3) is 0.500. The van der Waals surface area contributed by atoms with Gasteiger partial charge in [0.2, 0.25) is 15.9 Å². The van der Waals surface area contributed by atoms with Gasteiger partial charge in [0.1, 0.15) is 5.75 Å². The van der Waals surface area contributed by atoms with Crippen molar-refractivity contribution in [2.24, 2.45) is 0 Å². The maximum absolute atomic E-state index is 12.4. The largest absolute Gasteiger partial charge is 0.492 e. The Morgan fingerprint density at radius 3 is 2.70 bits per heavy atom. The summed E-state index contributed by atoms with van der Waals surface area (Å²) >= 11 is 6.00. The first-order valence-corrected chi connectivity index (χ1v) is 8.91. The summed E-state index contributed by atoms with van der Waals surface area (Å²) in [6.07, 6.45) is 0.413. The number of sulfonamides is 1. The van der Waals surface area contributed by atoms with Crippen LogP contribution in [0.1, 0.15) is 13.3 Å². The SMILES string of the molecule is CCOc1ccc(S(=O)(=O)N(C)CC(=O)NCCCO)cc1Cl. The summed E-state index contributed by atoms with van der Waals surface area (Å²) < 4.78 is 31.0. The van der Waals surface area contributed by atoms with E-state index in [2.05, 4.69) is 5.32 Å². The molecule has 0 saturated heterocycles. The van der Waals surface area contributed by atoms with E-state index in [1.54, 1.807) is 6.92 Å². The normalized spacial score (nSPS) is 11.5. The number of carbonyl (C=O) groups excluding carboxylic acids is 1. The van der Waals surface area contributed by atoms with Crippen molar-refractivity contribution in [2.45, 2.75) is 18.2 Å². The molecule has 1 aromatic rings. The molecule has 0 bridgehead atoms. The molecule has 0 aliphatic rings. The van der Waals surface area contributed by atoms with Gasteiger partial charge in [-0.05, 0) is 31.5 Å². The first kappa shape index (κ1) is 19.7. The Labute approximate surface area is 141 Å². The molecule has 1 aromatic carbocycles. The van der Waals surface area contributed by atoms with E-state index < -0.39 is 15.9 Å².